The standard InChI is InChI=1S/C5H7O3Si/c1-3-5(6)7-4(2)8-9/h3-4H,1H2,2H3. The molecule has 0 rings (SSSR count). The summed E-state index contributed by atoms with van der Waals surface area (Å²) in [5, 5.41) is 0. The van der Waals surface area contributed by atoms with Crippen LogP contribution in [0.3, 0.4) is 0 Å². The number of carbonyl (C=O) groups is 1. The van der Waals surface area contributed by atoms with E-state index in [-0.39, 0.29) is 0 Å². The van der Waals surface area contributed by atoms with Crippen LogP contribution >= 0.6 is 0 Å². The Morgan fingerprint density at radius 3 is 2.78 bits per heavy atom. The van der Waals surface area contributed by atoms with Crippen molar-refractivity contribution in [1.29, 1.82) is 0 Å². The van der Waals surface area contributed by atoms with Gasteiger partial charge in [-0.05, 0) is 6.92 Å². The highest BCUT2D eigenvalue weighted by Crippen LogP contribution is 1.90. The molecule has 0 saturated carbocycles. The Kier molecular flexibility index (Phi) is 3.99. The summed E-state index contributed by atoms with van der Waals surface area (Å²) < 4.78 is 8.96. The Balaban J connectivity index is 3.46. The van der Waals surface area contributed by atoms with Gasteiger partial charge < -0.3 is 9.16 Å². The van der Waals surface area contributed by atoms with Crippen LogP contribution in [0.25, 0.3) is 0 Å². The number of ether oxygens (including phenoxy) is 1. The normalized spacial score (nSPS) is 12.2. The van der Waals surface area contributed by atoms with Crippen molar-refractivity contribution >= 4 is 16.5 Å². The summed E-state index contributed by atoms with van der Waals surface area (Å²) >= 11 is 0. The van der Waals surface area contributed by atoms with Crippen LogP contribution in [-0.2, 0) is 14.0 Å². The van der Waals surface area contributed by atoms with E-state index in [1.165, 1.54) is 0 Å². The Morgan fingerprint density at radius 2 is 2.44 bits per heavy atom. The maximum Gasteiger partial charge on any atom is 0.332 e. The van der Waals surface area contributed by atoms with Gasteiger partial charge >= 0.3 is 5.97 Å². The second kappa shape index (κ2) is 4.28. The van der Waals surface area contributed by atoms with E-state index in [0.29, 0.717) is 0 Å². The molecule has 0 aromatic rings. The first kappa shape index (κ1) is 8.39. The molecule has 4 heteroatoms. The van der Waals surface area contributed by atoms with Crippen LogP contribution in [0.15, 0.2) is 12.7 Å². The topological polar surface area (TPSA) is 35.5 Å². The first-order chi connectivity index (χ1) is 4.20. The average molecular weight is 143 g/mol. The second-order valence-electron chi connectivity index (χ2n) is 1.33. The number of rotatable bonds is 3. The van der Waals surface area contributed by atoms with E-state index < -0.39 is 12.3 Å². The van der Waals surface area contributed by atoms with Crippen LogP contribution < -0.4 is 0 Å². The highest BCUT2D eigenvalue weighted by Gasteiger charge is 2.01. The van der Waals surface area contributed by atoms with E-state index in [9.17, 15) is 4.79 Å². The van der Waals surface area contributed by atoms with Crippen LogP contribution in [0, 0.1) is 0 Å². The van der Waals surface area contributed by atoms with Crippen molar-refractivity contribution in [2.24, 2.45) is 0 Å². The molecule has 3 nitrogen and oxygen atoms in total. The van der Waals surface area contributed by atoms with Crippen LogP contribution in [0.5, 0.6) is 0 Å². The molecule has 0 aliphatic carbocycles. The minimum absolute atomic E-state index is 0.499. The number of hydrogen-bond donors (Lipinski definition) is 0. The minimum Gasteiger partial charge on any atom is -0.434 e. The van der Waals surface area contributed by atoms with Gasteiger partial charge in [0.1, 0.15) is 0 Å². The maximum atomic E-state index is 10.3. The highest BCUT2D eigenvalue weighted by molar-refractivity contribution is 5.98. The molecule has 0 aromatic carbocycles. The third kappa shape index (κ3) is 3.93. The molecule has 0 fully saturated rings. The zero-order valence-electron chi connectivity index (χ0n) is 5.09. The third-order valence-electron chi connectivity index (χ3n) is 0.615. The number of esters is 1. The van der Waals surface area contributed by atoms with E-state index in [0.717, 1.165) is 6.08 Å². The Bertz CT molecular complexity index is 113. The van der Waals surface area contributed by atoms with Crippen LogP contribution in [0.1, 0.15) is 6.92 Å². The van der Waals surface area contributed by atoms with Gasteiger partial charge in [0.25, 0.3) is 10.5 Å². The molecule has 9 heavy (non-hydrogen) atoms. The Morgan fingerprint density at radius 1 is 1.89 bits per heavy atom. The molecule has 0 amide bonds. The van der Waals surface area contributed by atoms with Gasteiger partial charge in [-0.3, -0.25) is 0 Å². The van der Waals surface area contributed by atoms with E-state index in [1.54, 1.807) is 6.92 Å². The van der Waals surface area contributed by atoms with Gasteiger partial charge in [0.15, 0.2) is 6.29 Å². The summed E-state index contributed by atoms with van der Waals surface area (Å²) in [5.41, 5.74) is 0. The van der Waals surface area contributed by atoms with Gasteiger partial charge in [0.05, 0.1) is 0 Å². The molecule has 49 valence electrons. The third-order valence-corrected chi connectivity index (χ3v) is 0.947. The summed E-state index contributed by atoms with van der Waals surface area (Å²) in [6, 6.07) is 0. The fraction of sp³-hybridized carbons (Fsp3) is 0.400. The van der Waals surface area contributed by atoms with Crippen molar-refractivity contribution in [2.45, 2.75) is 13.2 Å². The molecule has 0 spiro atoms. The van der Waals surface area contributed by atoms with Gasteiger partial charge in [-0.15, -0.1) is 0 Å². The summed E-state index contributed by atoms with van der Waals surface area (Å²) in [5.74, 6) is -0.499. The first-order valence-corrected chi connectivity index (χ1v) is 2.77. The molecule has 0 N–H and O–H groups in total. The summed E-state index contributed by atoms with van der Waals surface area (Å²) in [6.45, 7) is 4.78. The zero-order valence-corrected chi connectivity index (χ0v) is 6.09. The van der Waals surface area contributed by atoms with Crippen molar-refractivity contribution in [1.82, 2.24) is 0 Å². The van der Waals surface area contributed by atoms with E-state index in [4.69, 9.17) is 0 Å². The van der Waals surface area contributed by atoms with Crippen molar-refractivity contribution in [3.8, 4) is 0 Å². The fourth-order valence-electron chi connectivity index (χ4n) is 0.236. The maximum absolute atomic E-state index is 10.3. The van der Waals surface area contributed by atoms with Crippen molar-refractivity contribution in [3.05, 3.63) is 12.7 Å². The van der Waals surface area contributed by atoms with E-state index in [1.807, 2.05) is 0 Å². The first-order valence-electron chi connectivity index (χ1n) is 2.36. The zero-order chi connectivity index (χ0) is 7.28. The molecule has 3 radical (unpaired) electrons. The number of hydrogen-bond acceptors (Lipinski definition) is 3. The lowest BCUT2D eigenvalue weighted by Crippen LogP contribution is -2.14. The molecular weight excluding hydrogens is 136 g/mol. The van der Waals surface area contributed by atoms with Gasteiger partial charge in [0, 0.05) is 6.08 Å². The monoisotopic (exact) mass is 143 g/mol. The molecule has 0 aliphatic heterocycles. The molecule has 1 atom stereocenters. The molecule has 0 aromatic heterocycles. The average Bonchev–Trinajstić information content (AvgIpc) is 1.87. The van der Waals surface area contributed by atoms with E-state index in [2.05, 4.69) is 26.2 Å². The molecule has 0 saturated heterocycles. The lowest BCUT2D eigenvalue weighted by molar-refractivity contribution is -0.154. The van der Waals surface area contributed by atoms with Gasteiger partial charge in [-0.2, -0.15) is 0 Å². The molecule has 0 heterocycles. The van der Waals surface area contributed by atoms with Gasteiger partial charge in [0.2, 0.25) is 0 Å². The molecule has 1 unspecified atom stereocenters. The lowest BCUT2D eigenvalue weighted by Gasteiger charge is -2.07. The molecular formula is C5H7O3Si. The second-order valence-corrected chi connectivity index (χ2v) is 1.56. The van der Waals surface area contributed by atoms with Crippen molar-refractivity contribution in [3.63, 3.8) is 0 Å². The fourth-order valence-corrected chi connectivity index (χ4v) is 0.284. The van der Waals surface area contributed by atoms with Crippen molar-refractivity contribution < 1.29 is 14.0 Å². The highest BCUT2D eigenvalue weighted by atomic mass is 28.2. The summed E-state index contributed by atoms with van der Waals surface area (Å²) in [7, 11) is 2.71. The predicted molar refractivity (Wildman–Crippen MR) is 32.6 cm³/mol. The predicted octanol–water partition coefficient (Wildman–Crippen LogP) is 0.162. The number of carbonyl (C=O) groups excluding carboxylic acids is 1. The minimum atomic E-state index is -0.577. The van der Waals surface area contributed by atoms with Crippen LogP contribution in [0.2, 0.25) is 0 Å². The summed E-state index contributed by atoms with van der Waals surface area (Å²) in [4.78, 5) is 10.3. The van der Waals surface area contributed by atoms with Gasteiger partial charge in [-0.1, -0.05) is 6.58 Å². The van der Waals surface area contributed by atoms with Crippen LogP contribution in [0.4, 0.5) is 0 Å². The molecule has 0 bridgehead atoms. The largest absolute Gasteiger partial charge is 0.434 e. The SMILES string of the molecule is C=CC(=O)OC(C)O[Si]. The summed E-state index contributed by atoms with van der Waals surface area (Å²) in [6.07, 6.45) is 0.494. The Hall–Kier alpha value is -0.613. The van der Waals surface area contributed by atoms with Crippen molar-refractivity contribution in [2.75, 3.05) is 0 Å². The lowest BCUT2D eigenvalue weighted by atomic mass is 10.6. The molecule has 0 aliphatic rings. The smallest absolute Gasteiger partial charge is 0.332 e. The Labute approximate surface area is 57.2 Å². The quantitative estimate of drug-likeness (QED) is 0.244. The van der Waals surface area contributed by atoms with Gasteiger partial charge in [-0.25, -0.2) is 4.79 Å². The van der Waals surface area contributed by atoms with E-state index >= 15 is 0 Å². The van der Waals surface area contributed by atoms with Crippen LogP contribution in [-0.4, -0.2) is 22.7 Å².